The predicted molar refractivity (Wildman–Crippen MR) is 147 cm³/mol. The number of aromatic hydroxyl groups is 1. The highest BCUT2D eigenvalue weighted by Gasteiger charge is 2.33. The number of piperidine rings is 1. The van der Waals surface area contributed by atoms with Gasteiger partial charge in [0.1, 0.15) is 24.5 Å². The molecule has 2 unspecified atom stereocenters. The number of aromatic nitrogens is 1. The molecule has 3 heterocycles. The maximum Gasteiger partial charge on any atom is 0.132 e. The Labute approximate surface area is 224 Å². The van der Waals surface area contributed by atoms with Crippen LogP contribution in [0.2, 0.25) is 0 Å². The van der Waals surface area contributed by atoms with Crippen LogP contribution < -0.4 is 10.2 Å². The first-order chi connectivity index (χ1) is 19.0. The average Bonchev–Trinajstić information content (AvgIpc) is 2.95. The van der Waals surface area contributed by atoms with Crippen molar-refractivity contribution in [1.82, 2.24) is 10.3 Å². The normalized spacial score (nSPS) is 19.4. The van der Waals surface area contributed by atoms with E-state index in [1.165, 1.54) is 25.5 Å². The first kappa shape index (κ1) is 25.2. The smallest absolute Gasteiger partial charge is 0.132 e. The summed E-state index contributed by atoms with van der Waals surface area (Å²) in [4.78, 5) is 11.7. The highest BCUT2D eigenvalue weighted by Crippen LogP contribution is 2.41. The number of hydrogen-bond donors (Lipinski definition) is 2. The molecule has 0 amide bonds. The Bertz CT molecular complexity index is 1540. The molecule has 0 bridgehead atoms. The third kappa shape index (κ3) is 4.91. The van der Waals surface area contributed by atoms with Crippen molar-refractivity contribution in [3.05, 3.63) is 78.0 Å². The fraction of sp³-hybridized carbons (Fsp3) is 0.267. The van der Waals surface area contributed by atoms with E-state index in [9.17, 15) is 13.9 Å². The lowest BCUT2D eigenvalue weighted by molar-refractivity contribution is -0.00896. The maximum atomic E-state index is 14.3. The lowest BCUT2D eigenvalue weighted by Crippen LogP contribution is -2.57. The molecule has 0 spiro atoms. The second-order valence-corrected chi connectivity index (χ2v) is 9.78. The highest BCUT2D eigenvalue weighted by atomic mass is 19.1. The molecular weight excluding hydrogens is 502 g/mol. The summed E-state index contributed by atoms with van der Waals surface area (Å²) in [6.07, 6.45) is 3.99. The molecule has 7 nitrogen and oxygen atoms in total. The van der Waals surface area contributed by atoms with E-state index in [1.54, 1.807) is 12.3 Å². The minimum absolute atomic E-state index is 0.00297. The van der Waals surface area contributed by atoms with Crippen LogP contribution in [0.5, 0.6) is 5.75 Å². The SMILES string of the molecule is CO/N=C/c1cccc(-c2ccc3ncc(-c4cc(F)cc(F)c4)c(N4CCC5NCCOC5C4)c3c2)c1O. The summed E-state index contributed by atoms with van der Waals surface area (Å²) in [6, 6.07) is 15.0. The number of phenolic OH excluding ortho intramolecular Hbond substituents is 1. The second-order valence-electron chi connectivity index (χ2n) is 9.78. The molecule has 3 aromatic carbocycles. The summed E-state index contributed by atoms with van der Waals surface area (Å²) in [5, 5.41) is 19.1. The quantitative estimate of drug-likeness (QED) is 0.276. The number of nitrogens with one attached hydrogen (secondary N) is 1. The zero-order chi connectivity index (χ0) is 26.9. The van der Waals surface area contributed by atoms with Crippen molar-refractivity contribution in [3.63, 3.8) is 0 Å². The fourth-order valence-electron chi connectivity index (χ4n) is 5.59. The molecule has 2 aliphatic heterocycles. The number of anilines is 1. The van der Waals surface area contributed by atoms with E-state index in [0.29, 0.717) is 35.4 Å². The first-order valence-corrected chi connectivity index (χ1v) is 12.9. The highest BCUT2D eigenvalue weighted by molar-refractivity contribution is 6.02. The molecule has 2 aliphatic rings. The minimum atomic E-state index is -0.650. The number of ether oxygens (including phenoxy) is 1. The predicted octanol–water partition coefficient (Wildman–Crippen LogP) is 5.10. The van der Waals surface area contributed by atoms with Crippen molar-refractivity contribution < 1.29 is 23.5 Å². The summed E-state index contributed by atoms with van der Waals surface area (Å²) >= 11 is 0. The Morgan fingerprint density at radius 3 is 2.77 bits per heavy atom. The summed E-state index contributed by atoms with van der Waals surface area (Å²) < 4.78 is 34.7. The van der Waals surface area contributed by atoms with Crippen molar-refractivity contribution in [3.8, 4) is 28.0 Å². The lowest BCUT2D eigenvalue weighted by Gasteiger charge is -2.43. The number of halogens is 2. The molecular formula is C30H28F2N4O3. The molecule has 2 N–H and O–H groups in total. The topological polar surface area (TPSA) is 79.2 Å². The van der Waals surface area contributed by atoms with Crippen LogP contribution in [0.1, 0.15) is 12.0 Å². The zero-order valence-corrected chi connectivity index (χ0v) is 21.4. The number of rotatable bonds is 5. The standard InChI is InChI=1S/C30H28F2N4O3/c1-38-35-15-19-3-2-4-23(30(19)37)18-5-6-26-24(13-18)29(36-9-7-27-28(17-36)39-10-8-33-27)25(16-34-26)20-11-21(31)14-22(32)12-20/h2-6,11-16,27-28,33,37H,7-10,17H2,1H3/b35-15+. The van der Waals surface area contributed by atoms with Crippen LogP contribution in [-0.4, -0.2) is 61.8 Å². The van der Waals surface area contributed by atoms with Gasteiger partial charge in [0.15, 0.2) is 0 Å². The number of morpholine rings is 1. The van der Waals surface area contributed by atoms with Gasteiger partial charge in [-0.25, -0.2) is 8.78 Å². The molecule has 4 aromatic rings. The maximum absolute atomic E-state index is 14.3. The van der Waals surface area contributed by atoms with Gasteiger partial charge in [0.05, 0.1) is 30.1 Å². The molecule has 2 atom stereocenters. The van der Waals surface area contributed by atoms with E-state index in [-0.39, 0.29) is 17.9 Å². The van der Waals surface area contributed by atoms with Crippen molar-refractivity contribution in [1.29, 1.82) is 0 Å². The van der Waals surface area contributed by atoms with Gasteiger partial charge >= 0.3 is 0 Å². The van der Waals surface area contributed by atoms with Gasteiger partial charge in [0.2, 0.25) is 0 Å². The summed E-state index contributed by atoms with van der Waals surface area (Å²) in [6.45, 7) is 2.83. The van der Waals surface area contributed by atoms with Gasteiger partial charge in [-0.15, -0.1) is 0 Å². The van der Waals surface area contributed by atoms with Crippen molar-refractivity contribution in [2.75, 3.05) is 38.3 Å². The van der Waals surface area contributed by atoms with Crippen LogP contribution in [0.25, 0.3) is 33.2 Å². The first-order valence-electron chi connectivity index (χ1n) is 12.9. The number of oxime groups is 1. The summed E-state index contributed by atoms with van der Waals surface area (Å²) in [7, 11) is 1.44. The Balaban J connectivity index is 1.53. The molecule has 2 fully saturated rings. The Morgan fingerprint density at radius 1 is 1.10 bits per heavy atom. The van der Waals surface area contributed by atoms with E-state index >= 15 is 0 Å². The molecule has 6 rings (SSSR count). The zero-order valence-electron chi connectivity index (χ0n) is 21.4. The van der Waals surface area contributed by atoms with E-state index < -0.39 is 11.6 Å². The number of pyridine rings is 1. The molecule has 9 heteroatoms. The Kier molecular flexibility index (Phi) is 6.85. The molecule has 0 aliphatic carbocycles. The van der Waals surface area contributed by atoms with Gasteiger partial charge in [-0.05, 0) is 47.9 Å². The van der Waals surface area contributed by atoms with Crippen LogP contribution in [0, 0.1) is 11.6 Å². The fourth-order valence-corrected chi connectivity index (χ4v) is 5.59. The van der Waals surface area contributed by atoms with Crippen LogP contribution >= 0.6 is 0 Å². The molecule has 200 valence electrons. The lowest BCUT2D eigenvalue weighted by atomic mass is 9.94. The van der Waals surface area contributed by atoms with Gasteiger partial charge in [-0.2, -0.15) is 0 Å². The van der Waals surface area contributed by atoms with Gasteiger partial charge in [0.25, 0.3) is 0 Å². The summed E-state index contributed by atoms with van der Waals surface area (Å²) in [5.41, 5.74) is 4.50. The van der Waals surface area contributed by atoms with Crippen molar-refractivity contribution >= 4 is 22.8 Å². The molecule has 0 radical (unpaired) electrons. The third-order valence-corrected chi connectivity index (χ3v) is 7.40. The largest absolute Gasteiger partial charge is 0.507 e. The average molecular weight is 531 g/mol. The van der Waals surface area contributed by atoms with E-state index in [2.05, 4.69) is 20.4 Å². The second kappa shape index (κ2) is 10.6. The number of phenols is 1. The molecule has 39 heavy (non-hydrogen) atoms. The van der Waals surface area contributed by atoms with Crippen LogP contribution in [0.4, 0.5) is 14.5 Å². The van der Waals surface area contributed by atoms with Crippen molar-refractivity contribution in [2.45, 2.75) is 18.6 Å². The number of hydrogen-bond acceptors (Lipinski definition) is 7. The molecule has 0 saturated carbocycles. The van der Waals surface area contributed by atoms with Gasteiger partial charge in [-0.1, -0.05) is 23.4 Å². The monoisotopic (exact) mass is 530 g/mol. The number of fused-ring (bicyclic) bond motifs is 2. The molecule has 1 aromatic heterocycles. The van der Waals surface area contributed by atoms with E-state index in [0.717, 1.165) is 47.7 Å². The van der Waals surface area contributed by atoms with Gasteiger partial charge in [-0.3, -0.25) is 4.98 Å². The minimum Gasteiger partial charge on any atom is -0.507 e. The van der Waals surface area contributed by atoms with Crippen molar-refractivity contribution in [2.24, 2.45) is 5.16 Å². The molecule has 2 saturated heterocycles. The third-order valence-electron chi connectivity index (χ3n) is 7.40. The Hall–Kier alpha value is -4.08. The number of benzene rings is 3. The van der Waals surface area contributed by atoms with Crippen LogP contribution in [0.15, 0.2) is 65.9 Å². The van der Waals surface area contributed by atoms with Gasteiger partial charge < -0.3 is 24.9 Å². The van der Waals surface area contributed by atoms with E-state index in [1.807, 2.05) is 30.3 Å². The van der Waals surface area contributed by atoms with Crippen LogP contribution in [-0.2, 0) is 9.57 Å². The Morgan fingerprint density at radius 2 is 1.95 bits per heavy atom. The van der Waals surface area contributed by atoms with E-state index in [4.69, 9.17) is 9.57 Å². The number of nitrogens with zero attached hydrogens (tertiary/aromatic N) is 3. The van der Waals surface area contributed by atoms with Gasteiger partial charge in [0, 0.05) is 60.0 Å². The van der Waals surface area contributed by atoms with Crippen LogP contribution in [0.3, 0.4) is 0 Å². The summed E-state index contributed by atoms with van der Waals surface area (Å²) in [5.74, 6) is -1.23. The number of para-hydroxylation sites is 1.